The number of nitrogens with zero attached hydrogens (tertiary/aromatic N) is 4. The molecule has 0 aliphatic carbocycles. The van der Waals surface area contributed by atoms with Crippen LogP contribution in [0, 0.1) is 10.1 Å². The molecule has 0 saturated carbocycles. The monoisotopic (exact) mass is 409 g/mol. The van der Waals surface area contributed by atoms with Crippen molar-refractivity contribution in [1.29, 1.82) is 0 Å². The highest BCUT2D eigenvalue weighted by atomic mass is 32.2. The summed E-state index contributed by atoms with van der Waals surface area (Å²) >= 11 is 1.23. The summed E-state index contributed by atoms with van der Waals surface area (Å²) in [5.74, 6) is 0.318. The lowest BCUT2D eigenvalue weighted by atomic mass is 10.2. The van der Waals surface area contributed by atoms with Gasteiger partial charge in [0.05, 0.1) is 10.2 Å². The summed E-state index contributed by atoms with van der Waals surface area (Å²) in [5.41, 5.74) is 0.914. The fourth-order valence-electron chi connectivity index (χ4n) is 2.65. The summed E-state index contributed by atoms with van der Waals surface area (Å²) in [6.45, 7) is 5.98. The van der Waals surface area contributed by atoms with Gasteiger partial charge in [0.2, 0.25) is 5.91 Å². The minimum Gasteiger partial charge on any atom is -0.319 e. The number of carbonyl (C=O) groups is 1. The number of anilines is 1. The summed E-state index contributed by atoms with van der Waals surface area (Å²) in [5, 5.41) is 22.3. The molecule has 29 heavy (non-hydrogen) atoms. The van der Waals surface area contributed by atoms with Gasteiger partial charge in [-0.05, 0) is 13.0 Å². The Labute approximate surface area is 171 Å². The number of allylic oxidation sites excluding steroid dienone is 1. The van der Waals surface area contributed by atoms with Gasteiger partial charge in [0, 0.05) is 18.2 Å². The third-order valence-electron chi connectivity index (χ3n) is 4.07. The maximum absolute atomic E-state index is 12.6. The van der Waals surface area contributed by atoms with Gasteiger partial charge in [-0.2, -0.15) is 0 Å². The van der Waals surface area contributed by atoms with Crippen LogP contribution in [0.25, 0.3) is 11.4 Å². The zero-order valence-corrected chi connectivity index (χ0v) is 16.5. The largest absolute Gasteiger partial charge is 0.319 e. The van der Waals surface area contributed by atoms with Crippen LogP contribution >= 0.6 is 11.8 Å². The Morgan fingerprint density at radius 1 is 1.24 bits per heavy atom. The molecule has 1 heterocycles. The number of aromatic nitrogens is 3. The van der Waals surface area contributed by atoms with Crippen LogP contribution in [0.15, 0.2) is 72.4 Å². The van der Waals surface area contributed by atoms with Crippen LogP contribution in [0.5, 0.6) is 0 Å². The molecule has 0 aliphatic rings. The Morgan fingerprint density at radius 3 is 2.62 bits per heavy atom. The number of hydrogen-bond acceptors (Lipinski definition) is 6. The van der Waals surface area contributed by atoms with Gasteiger partial charge in [0.1, 0.15) is 5.69 Å². The van der Waals surface area contributed by atoms with Gasteiger partial charge >= 0.3 is 0 Å². The molecule has 0 aliphatic heterocycles. The fraction of sp³-hybridized carbons (Fsp3) is 0.150. The number of carbonyl (C=O) groups excluding carboxylic acids is 1. The van der Waals surface area contributed by atoms with Crippen molar-refractivity contribution in [3.63, 3.8) is 0 Å². The molecule has 0 fully saturated rings. The number of amides is 1. The highest BCUT2D eigenvalue weighted by Crippen LogP contribution is 2.29. The minimum absolute atomic E-state index is 0.153. The van der Waals surface area contributed by atoms with E-state index in [4.69, 9.17) is 0 Å². The van der Waals surface area contributed by atoms with Gasteiger partial charge in [0.15, 0.2) is 11.0 Å². The van der Waals surface area contributed by atoms with Crippen molar-refractivity contribution < 1.29 is 9.72 Å². The number of hydrogen-bond donors (Lipinski definition) is 1. The molecule has 2 aromatic carbocycles. The molecule has 1 atom stereocenters. The molecule has 0 bridgehead atoms. The molecule has 3 rings (SSSR count). The number of thioether (sulfide) groups is 1. The topological polar surface area (TPSA) is 103 Å². The fourth-order valence-corrected chi connectivity index (χ4v) is 3.51. The lowest BCUT2D eigenvalue weighted by Gasteiger charge is -2.13. The van der Waals surface area contributed by atoms with Crippen LogP contribution in [-0.2, 0) is 11.3 Å². The van der Waals surface area contributed by atoms with E-state index in [0.29, 0.717) is 17.5 Å². The second-order valence-electron chi connectivity index (χ2n) is 6.10. The quantitative estimate of drug-likeness (QED) is 0.259. The van der Waals surface area contributed by atoms with E-state index in [2.05, 4.69) is 22.1 Å². The predicted molar refractivity (Wildman–Crippen MR) is 113 cm³/mol. The predicted octanol–water partition coefficient (Wildman–Crippen LogP) is 4.16. The van der Waals surface area contributed by atoms with E-state index in [-0.39, 0.29) is 17.3 Å². The zero-order valence-electron chi connectivity index (χ0n) is 15.7. The van der Waals surface area contributed by atoms with Crippen molar-refractivity contribution in [2.24, 2.45) is 0 Å². The van der Waals surface area contributed by atoms with Crippen molar-refractivity contribution in [2.45, 2.75) is 23.9 Å². The molecule has 8 nitrogen and oxygen atoms in total. The Morgan fingerprint density at radius 2 is 1.93 bits per heavy atom. The minimum atomic E-state index is -0.550. The molecule has 1 amide bonds. The number of benzene rings is 2. The van der Waals surface area contributed by atoms with Crippen LogP contribution in [0.1, 0.15) is 6.92 Å². The number of para-hydroxylation sites is 2. The molecular formula is C20H19N5O3S. The Balaban J connectivity index is 1.79. The molecule has 9 heteroatoms. The van der Waals surface area contributed by atoms with Crippen LogP contribution in [-0.4, -0.2) is 30.8 Å². The SMILES string of the molecule is C=CCn1c(S[C@@H](C)C(=O)Nc2ccccc2[N+](=O)[O-])nnc1-c1ccccc1. The first-order valence-electron chi connectivity index (χ1n) is 8.81. The first kappa shape index (κ1) is 20.3. The lowest BCUT2D eigenvalue weighted by molar-refractivity contribution is -0.383. The van der Waals surface area contributed by atoms with Gasteiger partial charge in [0.25, 0.3) is 5.69 Å². The Kier molecular flexibility index (Phi) is 6.40. The van der Waals surface area contributed by atoms with Gasteiger partial charge < -0.3 is 5.32 Å². The van der Waals surface area contributed by atoms with Crippen LogP contribution in [0.3, 0.4) is 0 Å². The highest BCUT2D eigenvalue weighted by molar-refractivity contribution is 8.00. The van der Waals surface area contributed by atoms with Crippen molar-refractivity contribution in [3.8, 4) is 11.4 Å². The summed E-state index contributed by atoms with van der Waals surface area (Å²) in [7, 11) is 0. The molecule has 0 radical (unpaired) electrons. The molecule has 1 aromatic heterocycles. The highest BCUT2D eigenvalue weighted by Gasteiger charge is 2.22. The Bertz CT molecular complexity index is 1040. The van der Waals surface area contributed by atoms with Gasteiger partial charge in [-0.25, -0.2) is 0 Å². The van der Waals surface area contributed by atoms with Crippen LogP contribution < -0.4 is 5.32 Å². The first-order valence-corrected chi connectivity index (χ1v) is 9.69. The molecule has 3 aromatic rings. The summed E-state index contributed by atoms with van der Waals surface area (Å²) in [6.07, 6.45) is 1.73. The number of rotatable bonds is 8. The number of nitro groups is 1. The van der Waals surface area contributed by atoms with Gasteiger partial charge in [-0.1, -0.05) is 60.3 Å². The molecule has 0 saturated heterocycles. The third kappa shape index (κ3) is 4.69. The van der Waals surface area contributed by atoms with E-state index in [1.165, 1.54) is 23.9 Å². The first-order chi connectivity index (χ1) is 14.0. The standard InChI is InChI=1S/C20H19N5O3S/c1-3-13-24-18(15-9-5-4-6-10-15)22-23-20(24)29-14(2)19(26)21-16-11-7-8-12-17(16)25(27)28/h3-12,14H,1,13H2,2H3,(H,21,26)/t14-/m0/s1. The summed E-state index contributed by atoms with van der Waals surface area (Å²) in [6, 6.07) is 15.6. The smallest absolute Gasteiger partial charge is 0.292 e. The summed E-state index contributed by atoms with van der Waals surface area (Å²) in [4.78, 5) is 23.2. The van der Waals surface area contributed by atoms with E-state index in [9.17, 15) is 14.9 Å². The lowest BCUT2D eigenvalue weighted by Crippen LogP contribution is -2.23. The van der Waals surface area contributed by atoms with E-state index in [0.717, 1.165) is 5.56 Å². The summed E-state index contributed by atoms with van der Waals surface area (Å²) < 4.78 is 1.88. The van der Waals surface area contributed by atoms with Crippen LogP contribution in [0.4, 0.5) is 11.4 Å². The molecule has 1 N–H and O–H groups in total. The number of nitro benzene ring substituents is 1. The van der Waals surface area contributed by atoms with E-state index >= 15 is 0 Å². The van der Waals surface area contributed by atoms with Gasteiger partial charge in [-0.3, -0.25) is 19.5 Å². The van der Waals surface area contributed by atoms with Crippen molar-refractivity contribution in [3.05, 3.63) is 77.4 Å². The zero-order chi connectivity index (χ0) is 20.8. The molecular weight excluding hydrogens is 390 g/mol. The third-order valence-corrected chi connectivity index (χ3v) is 5.15. The average molecular weight is 409 g/mol. The average Bonchev–Trinajstić information content (AvgIpc) is 3.11. The van der Waals surface area contributed by atoms with Crippen molar-refractivity contribution in [2.75, 3.05) is 5.32 Å². The van der Waals surface area contributed by atoms with E-state index in [1.807, 2.05) is 34.9 Å². The van der Waals surface area contributed by atoms with E-state index in [1.54, 1.807) is 25.1 Å². The van der Waals surface area contributed by atoms with Crippen LogP contribution in [0.2, 0.25) is 0 Å². The second-order valence-corrected chi connectivity index (χ2v) is 7.40. The van der Waals surface area contributed by atoms with Gasteiger partial charge in [-0.15, -0.1) is 16.8 Å². The maximum Gasteiger partial charge on any atom is 0.292 e. The molecule has 0 unspecified atom stereocenters. The molecule has 148 valence electrons. The second kappa shape index (κ2) is 9.16. The normalized spacial score (nSPS) is 11.6. The molecule has 0 spiro atoms. The van der Waals surface area contributed by atoms with Crippen molar-refractivity contribution >= 4 is 29.0 Å². The number of nitrogens with one attached hydrogen (secondary N) is 1. The van der Waals surface area contributed by atoms with Crippen molar-refractivity contribution in [1.82, 2.24) is 14.8 Å². The maximum atomic E-state index is 12.6. The Hall–Kier alpha value is -3.46. The van der Waals surface area contributed by atoms with E-state index < -0.39 is 10.2 Å².